The molecular formula is C22H29N3O4S2. The molecular weight excluding hydrogens is 434 g/mol. The van der Waals surface area contributed by atoms with Gasteiger partial charge in [-0.15, -0.1) is 11.3 Å². The van der Waals surface area contributed by atoms with Crippen LogP contribution in [0.3, 0.4) is 0 Å². The number of nitrogens with zero attached hydrogens (tertiary/aromatic N) is 1. The molecule has 2 heterocycles. The molecule has 1 aliphatic heterocycles. The smallest absolute Gasteiger partial charge is 0.262 e. The molecule has 1 atom stereocenters. The molecule has 9 heteroatoms. The zero-order valence-electron chi connectivity index (χ0n) is 17.8. The molecule has 2 N–H and O–H groups in total. The van der Waals surface area contributed by atoms with Crippen LogP contribution in [0, 0.1) is 5.92 Å². The summed E-state index contributed by atoms with van der Waals surface area (Å²) < 4.78 is 27.0. The largest absolute Gasteiger partial charge is 0.350 e. The van der Waals surface area contributed by atoms with Gasteiger partial charge in [0.15, 0.2) is 0 Å². The van der Waals surface area contributed by atoms with E-state index in [1.54, 1.807) is 36.4 Å². The SMILES string of the molecule is CC(C)C(NC(=O)c1cccs1)C(=O)NCc1ccc(S(=O)(=O)N2CCCCC2)cc1. The molecule has 1 aromatic heterocycles. The molecule has 0 spiro atoms. The van der Waals surface area contributed by atoms with Crippen LogP contribution in [0.2, 0.25) is 0 Å². The quantitative estimate of drug-likeness (QED) is 0.629. The average Bonchev–Trinajstić information content (AvgIpc) is 3.31. The Morgan fingerprint density at radius 3 is 2.32 bits per heavy atom. The first-order chi connectivity index (χ1) is 14.8. The van der Waals surface area contributed by atoms with E-state index in [-0.39, 0.29) is 29.2 Å². The Balaban J connectivity index is 1.59. The van der Waals surface area contributed by atoms with E-state index in [1.165, 1.54) is 15.6 Å². The third kappa shape index (κ3) is 5.93. The summed E-state index contributed by atoms with van der Waals surface area (Å²) in [6.45, 7) is 5.13. The summed E-state index contributed by atoms with van der Waals surface area (Å²) >= 11 is 1.32. The van der Waals surface area contributed by atoms with Crippen molar-refractivity contribution >= 4 is 33.2 Å². The van der Waals surface area contributed by atoms with Crippen LogP contribution in [0.4, 0.5) is 0 Å². The molecule has 7 nitrogen and oxygen atoms in total. The Morgan fingerprint density at radius 1 is 1.06 bits per heavy atom. The lowest BCUT2D eigenvalue weighted by atomic mass is 10.0. The summed E-state index contributed by atoms with van der Waals surface area (Å²) in [6.07, 6.45) is 2.85. The third-order valence-electron chi connectivity index (χ3n) is 5.32. The van der Waals surface area contributed by atoms with Crippen LogP contribution >= 0.6 is 11.3 Å². The highest BCUT2D eigenvalue weighted by Gasteiger charge is 2.26. The minimum Gasteiger partial charge on any atom is -0.350 e. The van der Waals surface area contributed by atoms with Gasteiger partial charge in [-0.05, 0) is 47.9 Å². The predicted molar refractivity (Wildman–Crippen MR) is 121 cm³/mol. The van der Waals surface area contributed by atoms with E-state index in [9.17, 15) is 18.0 Å². The Kier molecular flexibility index (Phi) is 7.85. The molecule has 2 aromatic rings. The fraction of sp³-hybridized carbons (Fsp3) is 0.455. The van der Waals surface area contributed by atoms with Crippen molar-refractivity contribution in [3.8, 4) is 0 Å². The van der Waals surface area contributed by atoms with Crippen molar-refractivity contribution in [2.45, 2.75) is 50.6 Å². The van der Waals surface area contributed by atoms with Crippen LogP contribution in [0.15, 0.2) is 46.7 Å². The van der Waals surface area contributed by atoms with Crippen molar-refractivity contribution in [1.82, 2.24) is 14.9 Å². The molecule has 1 aliphatic rings. The number of benzene rings is 1. The molecule has 1 aromatic carbocycles. The van der Waals surface area contributed by atoms with Crippen LogP contribution in [0.5, 0.6) is 0 Å². The monoisotopic (exact) mass is 463 g/mol. The first-order valence-corrected chi connectivity index (χ1v) is 12.8. The summed E-state index contributed by atoms with van der Waals surface area (Å²) in [7, 11) is -3.47. The van der Waals surface area contributed by atoms with E-state index < -0.39 is 16.1 Å². The standard InChI is InChI=1S/C22H29N3O4S2/c1-16(2)20(24-21(26)19-7-6-14-30-19)22(27)23-15-17-8-10-18(11-9-17)31(28,29)25-12-4-3-5-13-25/h6-11,14,16,20H,3-5,12-13,15H2,1-2H3,(H,23,27)(H,24,26). The molecule has 0 aliphatic carbocycles. The highest BCUT2D eigenvalue weighted by Crippen LogP contribution is 2.21. The van der Waals surface area contributed by atoms with Gasteiger partial charge in [0.1, 0.15) is 6.04 Å². The fourth-order valence-electron chi connectivity index (χ4n) is 3.49. The van der Waals surface area contributed by atoms with Gasteiger partial charge < -0.3 is 10.6 Å². The number of nitrogens with one attached hydrogen (secondary N) is 2. The van der Waals surface area contributed by atoms with Crippen molar-refractivity contribution in [2.24, 2.45) is 5.92 Å². The second-order valence-electron chi connectivity index (χ2n) is 8.00. The van der Waals surface area contributed by atoms with Crippen molar-refractivity contribution in [1.29, 1.82) is 0 Å². The summed E-state index contributed by atoms with van der Waals surface area (Å²) in [5.41, 5.74) is 0.790. The molecule has 1 fully saturated rings. The summed E-state index contributed by atoms with van der Waals surface area (Å²) in [6, 6.07) is 9.45. The van der Waals surface area contributed by atoms with Crippen molar-refractivity contribution in [2.75, 3.05) is 13.1 Å². The van der Waals surface area contributed by atoms with Crippen LogP contribution in [0.25, 0.3) is 0 Å². The van der Waals surface area contributed by atoms with Crippen molar-refractivity contribution < 1.29 is 18.0 Å². The summed E-state index contributed by atoms with van der Waals surface area (Å²) in [5, 5.41) is 7.45. The van der Waals surface area contributed by atoms with Gasteiger partial charge in [0.25, 0.3) is 5.91 Å². The lowest BCUT2D eigenvalue weighted by Crippen LogP contribution is -2.49. The number of thiophene rings is 1. The number of rotatable bonds is 8. The molecule has 3 rings (SSSR count). The maximum atomic E-state index is 12.7. The molecule has 31 heavy (non-hydrogen) atoms. The number of amides is 2. The van der Waals surface area contributed by atoms with E-state index in [1.807, 2.05) is 19.2 Å². The number of hydrogen-bond donors (Lipinski definition) is 2. The topological polar surface area (TPSA) is 95.6 Å². The molecule has 168 valence electrons. The number of sulfonamides is 1. The van der Waals surface area contributed by atoms with Gasteiger partial charge in [-0.2, -0.15) is 4.31 Å². The maximum absolute atomic E-state index is 12.7. The maximum Gasteiger partial charge on any atom is 0.262 e. The Morgan fingerprint density at radius 2 is 1.74 bits per heavy atom. The van der Waals surface area contributed by atoms with E-state index >= 15 is 0 Å². The zero-order chi connectivity index (χ0) is 22.4. The number of carbonyl (C=O) groups is 2. The Bertz CT molecular complexity index is 980. The molecule has 0 saturated carbocycles. The van der Waals surface area contributed by atoms with Crippen LogP contribution in [0.1, 0.15) is 48.3 Å². The third-order valence-corrected chi connectivity index (χ3v) is 8.11. The molecule has 0 bridgehead atoms. The van der Waals surface area contributed by atoms with E-state index in [0.29, 0.717) is 18.0 Å². The van der Waals surface area contributed by atoms with Crippen molar-refractivity contribution in [3.05, 3.63) is 52.2 Å². The zero-order valence-corrected chi connectivity index (χ0v) is 19.5. The second-order valence-corrected chi connectivity index (χ2v) is 10.9. The van der Waals surface area contributed by atoms with Gasteiger partial charge in [-0.25, -0.2) is 8.42 Å². The van der Waals surface area contributed by atoms with Gasteiger partial charge in [-0.1, -0.05) is 38.5 Å². The van der Waals surface area contributed by atoms with E-state index in [0.717, 1.165) is 24.8 Å². The molecule has 1 unspecified atom stereocenters. The van der Waals surface area contributed by atoms with Crippen LogP contribution in [-0.2, 0) is 21.4 Å². The number of piperidine rings is 1. The van der Waals surface area contributed by atoms with Gasteiger partial charge in [0.05, 0.1) is 9.77 Å². The van der Waals surface area contributed by atoms with Gasteiger partial charge in [0.2, 0.25) is 15.9 Å². The van der Waals surface area contributed by atoms with Crippen LogP contribution < -0.4 is 10.6 Å². The highest BCUT2D eigenvalue weighted by atomic mass is 32.2. The summed E-state index contributed by atoms with van der Waals surface area (Å²) in [4.78, 5) is 25.8. The van der Waals surface area contributed by atoms with E-state index in [2.05, 4.69) is 10.6 Å². The van der Waals surface area contributed by atoms with Crippen molar-refractivity contribution in [3.63, 3.8) is 0 Å². The Hall–Kier alpha value is -2.23. The van der Waals surface area contributed by atoms with Gasteiger partial charge in [0, 0.05) is 19.6 Å². The first-order valence-electron chi connectivity index (χ1n) is 10.5. The highest BCUT2D eigenvalue weighted by molar-refractivity contribution is 7.89. The lowest BCUT2D eigenvalue weighted by molar-refractivity contribution is -0.124. The molecule has 1 saturated heterocycles. The van der Waals surface area contributed by atoms with Gasteiger partial charge in [-0.3, -0.25) is 9.59 Å². The minimum atomic E-state index is -3.47. The first kappa shape index (κ1) is 23.4. The fourth-order valence-corrected chi connectivity index (χ4v) is 5.63. The van der Waals surface area contributed by atoms with Crippen LogP contribution in [-0.4, -0.2) is 43.7 Å². The number of carbonyl (C=O) groups excluding carboxylic acids is 2. The second kappa shape index (κ2) is 10.4. The Labute approximate surface area is 187 Å². The normalized spacial score (nSPS) is 16.1. The predicted octanol–water partition coefficient (Wildman–Crippen LogP) is 2.99. The molecule has 0 radical (unpaired) electrons. The summed E-state index contributed by atoms with van der Waals surface area (Å²) in [5.74, 6) is -0.623. The molecule has 2 amide bonds. The average molecular weight is 464 g/mol. The minimum absolute atomic E-state index is 0.0824. The van der Waals surface area contributed by atoms with Gasteiger partial charge >= 0.3 is 0 Å². The lowest BCUT2D eigenvalue weighted by Gasteiger charge is -2.26. The number of hydrogen-bond acceptors (Lipinski definition) is 5. The van der Waals surface area contributed by atoms with E-state index in [4.69, 9.17) is 0 Å².